The molecule has 0 bridgehead atoms. The first-order valence-electron chi connectivity index (χ1n) is 5.77. The van der Waals surface area contributed by atoms with E-state index >= 15 is 0 Å². The van der Waals surface area contributed by atoms with Gasteiger partial charge in [0.2, 0.25) is 0 Å². The van der Waals surface area contributed by atoms with Gasteiger partial charge in [0.15, 0.2) is 0 Å². The molecular weight excluding hydrogens is 218 g/mol. The van der Waals surface area contributed by atoms with Gasteiger partial charge in [-0.25, -0.2) is 0 Å². The third kappa shape index (κ3) is 2.24. The van der Waals surface area contributed by atoms with Crippen LogP contribution in [0.1, 0.15) is 30.1 Å². The van der Waals surface area contributed by atoms with Crippen LogP contribution in [0.4, 0.5) is 0 Å². The largest absolute Gasteiger partial charge is 0.505 e. The summed E-state index contributed by atoms with van der Waals surface area (Å²) in [6.07, 6.45) is 4.70. The molecule has 0 atom stereocenters. The van der Waals surface area contributed by atoms with Crippen molar-refractivity contribution < 1.29 is 9.90 Å². The van der Waals surface area contributed by atoms with E-state index in [-0.39, 0.29) is 17.2 Å². The lowest BCUT2D eigenvalue weighted by atomic mass is 9.86. The van der Waals surface area contributed by atoms with Crippen molar-refractivity contribution >= 4 is 5.91 Å². The van der Waals surface area contributed by atoms with E-state index in [1.807, 2.05) is 0 Å². The topological polar surface area (TPSA) is 79.5 Å². The molecular formula is C12H17N3O2. The summed E-state index contributed by atoms with van der Waals surface area (Å²) in [4.78, 5) is 17.4. The molecule has 1 aliphatic heterocycles. The van der Waals surface area contributed by atoms with Gasteiger partial charge in [-0.05, 0) is 12.5 Å². The highest BCUT2D eigenvalue weighted by Gasteiger charge is 2.41. The average molecular weight is 235 g/mol. The van der Waals surface area contributed by atoms with Crippen LogP contribution in [-0.2, 0) is 0 Å². The molecule has 1 saturated heterocycles. The molecule has 0 spiro atoms. The molecule has 92 valence electrons. The fourth-order valence-corrected chi connectivity index (χ4v) is 2.25. The Bertz CT molecular complexity index is 428. The summed E-state index contributed by atoms with van der Waals surface area (Å²) < 4.78 is 0. The maximum absolute atomic E-state index is 12.0. The molecule has 3 N–H and O–H groups in total. The second-order valence-electron chi connectivity index (χ2n) is 4.67. The number of hydrogen-bond donors (Lipinski definition) is 2. The van der Waals surface area contributed by atoms with Crippen LogP contribution < -0.4 is 5.73 Å². The zero-order valence-corrected chi connectivity index (χ0v) is 9.89. The van der Waals surface area contributed by atoms with Gasteiger partial charge in [-0.2, -0.15) is 0 Å². The first-order valence-corrected chi connectivity index (χ1v) is 5.77. The Balaban J connectivity index is 2.03. The predicted octanol–water partition coefficient (Wildman–Crippen LogP) is 0.741. The second-order valence-corrected chi connectivity index (χ2v) is 4.67. The highest BCUT2D eigenvalue weighted by atomic mass is 16.3. The van der Waals surface area contributed by atoms with Crippen LogP contribution in [0, 0.1) is 0 Å². The molecule has 0 aromatic carbocycles. The minimum absolute atomic E-state index is 0.0810. The Hall–Kier alpha value is -1.62. The van der Waals surface area contributed by atoms with Gasteiger partial charge >= 0.3 is 0 Å². The van der Waals surface area contributed by atoms with Crippen molar-refractivity contribution in [3.8, 4) is 5.75 Å². The third-order valence-corrected chi connectivity index (χ3v) is 3.08. The average Bonchev–Trinajstić information content (AvgIpc) is 2.26. The Morgan fingerprint density at radius 2 is 2.35 bits per heavy atom. The Labute approximate surface area is 100 Å². The summed E-state index contributed by atoms with van der Waals surface area (Å²) in [6.45, 7) is 3.19. The minimum Gasteiger partial charge on any atom is -0.505 e. The summed E-state index contributed by atoms with van der Waals surface area (Å²) in [5, 5.41) is 9.54. The molecule has 1 amide bonds. The number of aromatic nitrogens is 1. The van der Waals surface area contributed by atoms with E-state index < -0.39 is 0 Å². The smallest absolute Gasteiger partial charge is 0.257 e. The molecule has 0 unspecified atom stereocenters. The highest BCUT2D eigenvalue weighted by Crippen LogP contribution is 2.26. The fourth-order valence-electron chi connectivity index (χ4n) is 2.25. The SMILES string of the molecule is CCCC1(N)CN(C(=O)c2ccncc2O)C1. The molecule has 17 heavy (non-hydrogen) atoms. The van der Waals surface area contributed by atoms with Gasteiger partial charge in [-0.1, -0.05) is 13.3 Å². The monoisotopic (exact) mass is 235 g/mol. The van der Waals surface area contributed by atoms with Crippen molar-refractivity contribution in [2.75, 3.05) is 13.1 Å². The standard InChI is InChI=1S/C12H17N3O2/c1-2-4-12(13)7-15(8-12)11(17)9-3-5-14-6-10(9)16/h3,5-6,16H,2,4,7-8,13H2,1H3. The van der Waals surface area contributed by atoms with E-state index in [9.17, 15) is 9.90 Å². The summed E-state index contributed by atoms with van der Waals surface area (Å²) in [6, 6.07) is 1.52. The van der Waals surface area contributed by atoms with Gasteiger partial charge < -0.3 is 15.7 Å². The third-order valence-electron chi connectivity index (χ3n) is 3.08. The number of nitrogens with zero attached hydrogens (tertiary/aromatic N) is 2. The highest BCUT2D eigenvalue weighted by molar-refractivity contribution is 5.97. The van der Waals surface area contributed by atoms with Crippen LogP contribution in [0.5, 0.6) is 5.75 Å². The number of carbonyl (C=O) groups excluding carboxylic acids is 1. The minimum atomic E-state index is -0.243. The summed E-state index contributed by atoms with van der Waals surface area (Å²) in [5.74, 6) is -0.260. The number of nitrogens with two attached hydrogens (primary N) is 1. The predicted molar refractivity (Wildman–Crippen MR) is 63.6 cm³/mol. The molecule has 0 saturated carbocycles. The van der Waals surface area contributed by atoms with Crippen molar-refractivity contribution in [2.45, 2.75) is 25.3 Å². The molecule has 1 aromatic heterocycles. The van der Waals surface area contributed by atoms with Gasteiger partial charge in [0.1, 0.15) is 5.75 Å². The van der Waals surface area contributed by atoms with E-state index in [0.717, 1.165) is 12.8 Å². The van der Waals surface area contributed by atoms with E-state index in [0.29, 0.717) is 18.7 Å². The van der Waals surface area contributed by atoms with Crippen molar-refractivity contribution in [3.05, 3.63) is 24.0 Å². The molecule has 5 nitrogen and oxygen atoms in total. The van der Waals surface area contributed by atoms with E-state index in [1.54, 1.807) is 4.90 Å². The van der Waals surface area contributed by atoms with Crippen LogP contribution in [-0.4, -0.2) is 39.5 Å². The van der Waals surface area contributed by atoms with Crippen LogP contribution >= 0.6 is 0 Å². The molecule has 0 aliphatic carbocycles. The van der Waals surface area contributed by atoms with Gasteiger partial charge in [0.25, 0.3) is 5.91 Å². The Morgan fingerprint density at radius 3 is 2.94 bits per heavy atom. The van der Waals surface area contributed by atoms with Crippen LogP contribution in [0.25, 0.3) is 0 Å². The number of hydrogen-bond acceptors (Lipinski definition) is 4. The fraction of sp³-hybridized carbons (Fsp3) is 0.500. The quantitative estimate of drug-likeness (QED) is 0.810. The van der Waals surface area contributed by atoms with Crippen molar-refractivity contribution in [2.24, 2.45) is 5.73 Å². The first-order chi connectivity index (χ1) is 8.06. The maximum atomic E-state index is 12.0. The number of amides is 1. The lowest BCUT2D eigenvalue weighted by Crippen LogP contribution is -2.68. The van der Waals surface area contributed by atoms with Gasteiger partial charge in [-0.3, -0.25) is 9.78 Å². The van der Waals surface area contributed by atoms with Gasteiger partial charge in [0, 0.05) is 19.3 Å². The van der Waals surface area contributed by atoms with E-state index in [1.165, 1.54) is 18.5 Å². The van der Waals surface area contributed by atoms with Crippen LogP contribution in [0.3, 0.4) is 0 Å². The zero-order valence-electron chi connectivity index (χ0n) is 9.89. The lowest BCUT2D eigenvalue weighted by Gasteiger charge is -2.47. The van der Waals surface area contributed by atoms with Crippen LogP contribution in [0.15, 0.2) is 18.5 Å². The summed E-state index contributed by atoms with van der Waals surface area (Å²) >= 11 is 0. The normalized spacial score (nSPS) is 17.6. The molecule has 1 aliphatic rings. The summed E-state index contributed by atoms with van der Waals surface area (Å²) in [7, 11) is 0. The first kappa shape index (κ1) is 11.9. The van der Waals surface area contributed by atoms with Gasteiger partial charge in [-0.15, -0.1) is 0 Å². The van der Waals surface area contributed by atoms with Crippen molar-refractivity contribution in [1.82, 2.24) is 9.88 Å². The Morgan fingerprint density at radius 1 is 1.65 bits per heavy atom. The number of pyridine rings is 1. The molecule has 2 rings (SSSR count). The number of aromatic hydroxyl groups is 1. The molecule has 5 heteroatoms. The lowest BCUT2D eigenvalue weighted by molar-refractivity contribution is 0.0383. The van der Waals surface area contributed by atoms with Crippen molar-refractivity contribution in [1.29, 1.82) is 0 Å². The molecule has 2 heterocycles. The van der Waals surface area contributed by atoms with E-state index in [2.05, 4.69) is 11.9 Å². The molecule has 1 fully saturated rings. The van der Waals surface area contributed by atoms with Crippen molar-refractivity contribution in [3.63, 3.8) is 0 Å². The van der Waals surface area contributed by atoms with Gasteiger partial charge in [0.05, 0.1) is 17.3 Å². The number of rotatable bonds is 3. The number of likely N-dealkylation sites (tertiary alicyclic amines) is 1. The maximum Gasteiger partial charge on any atom is 0.257 e. The molecule has 0 radical (unpaired) electrons. The number of carbonyl (C=O) groups is 1. The zero-order chi connectivity index (χ0) is 12.5. The second kappa shape index (κ2) is 4.33. The summed E-state index contributed by atoms with van der Waals surface area (Å²) in [5.41, 5.74) is 6.14. The molecule has 1 aromatic rings. The Kier molecular flexibility index (Phi) is 3.02. The van der Waals surface area contributed by atoms with E-state index in [4.69, 9.17) is 5.73 Å². The van der Waals surface area contributed by atoms with Crippen LogP contribution in [0.2, 0.25) is 0 Å².